The minimum atomic E-state index is 0. The second kappa shape index (κ2) is 87.3. The minimum absolute atomic E-state index is 0. The summed E-state index contributed by atoms with van der Waals surface area (Å²) in [5.41, 5.74) is 0. The minimum Gasteiger partial charge on any atom is -1.00 e. The molecule has 0 aliphatic heterocycles. The SMILES string of the molecule is Cl.O.O.O.[H-].[H-].[Mg+2]. The standard InChI is InChI=1S/ClH.Mg.3H2O.2H/h1H;;3*1H2;;/q;+2;;;;2*-1. The molecule has 0 aromatic carbocycles. The molecular weight excluding hydrogens is 108 g/mol. The Balaban J connectivity index is 0. The number of hydrogen-bond acceptors (Lipinski definition) is 0. The first-order valence-electron chi connectivity index (χ1n) is 0. The van der Waals surface area contributed by atoms with E-state index in [0.717, 1.165) is 0 Å². The fraction of sp³-hybridized carbons (Fsp3) is 0. The molecule has 0 rings (SSSR count). The molecule has 3 nitrogen and oxygen atoms in total. The van der Waals surface area contributed by atoms with E-state index in [0.29, 0.717) is 0 Å². The van der Waals surface area contributed by atoms with Crippen molar-refractivity contribution in [2.75, 3.05) is 0 Å². The molecule has 0 radical (unpaired) electrons. The van der Waals surface area contributed by atoms with Gasteiger partial charge >= 0.3 is 23.1 Å². The summed E-state index contributed by atoms with van der Waals surface area (Å²) in [5, 5.41) is 0. The van der Waals surface area contributed by atoms with Gasteiger partial charge in [-0.05, 0) is 0 Å². The number of rotatable bonds is 0. The van der Waals surface area contributed by atoms with Crippen molar-refractivity contribution in [3.8, 4) is 0 Å². The van der Waals surface area contributed by atoms with Gasteiger partial charge in [0.15, 0.2) is 0 Å². The molecule has 5 heteroatoms. The predicted octanol–water partition coefficient (Wildman–Crippen LogP) is -2.21. The molecule has 0 saturated carbocycles. The third kappa shape index (κ3) is 48.6. The molecule has 0 aromatic rings. The van der Waals surface area contributed by atoms with Gasteiger partial charge in [0.25, 0.3) is 0 Å². The Morgan fingerprint density at radius 1 is 0.800 bits per heavy atom. The fourth-order valence-electron chi connectivity index (χ4n) is 0. The average molecular weight is 117 g/mol. The summed E-state index contributed by atoms with van der Waals surface area (Å²) in [4.78, 5) is 0. The van der Waals surface area contributed by atoms with Crippen LogP contribution in [0.4, 0.5) is 0 Å². The van der Waals surface area contributed by atoms with E-state index in [2.05, 4.69) is 0 Å². The topological polar surface area (TPSA) is 94.5 Å². The molecule has 0 unspecified atom stereocenters. The van der Waals surface area contributed by atoms with Crippen LogP contribution in [0.15, 0.2) is 0 Å². The van der Waals surface area contributed by atoms with Gasteiger partial charge in [-0.25, -0.2) is 0 Å². The summed E-state index contributed by atoms with van der Waals surface area (Å²) in [6.07, 6.45) is 0. The first kappa shape index (κ1) is 165. The zero-order valence-corrected chi connectivity index (χ0v) is 4.85. The van der Waals surface area contributed by atoms with E-state index >= 15 is 0 Å². The Kier molecular flexibility index (Phi) is 2880. The van der Waals surface area contributed by atoms with Gasteiger partial charge < -0.3 is 19.3 Å². The Labute approximate surface area is 55.2 Å². The molecule has 0 heterocycles. The third-order valence-electron chi connectivity index (χ3n) is 0. The van der Waals surface area contributed by atoms with Gasteiger partial charge in [-0.15, -0.1) is 12.4 Å². The second-order valence-electron chi connectivity index (χ2n) is 0. The van der Waals surface area contributed by atoms with Gasteiger partial charge in [-0.3, -0.25) is 0 Å². The summed E-state index contributed by atoms with van der Waals surface area (Å²) in [5.74, 6) is 0. The molecule has 0 spiro atoms. The van der Waals surface area contributed by atoms with Crippen LogP contribution in [-0.2, 0) is 0 Å². The number of halogens is 1. The van der Waals surface area contributed by atoms with E-state index in [4.69, 9.17) is 0 Å². The van der Waals surface area contributed by atoms with Crippen molar-refractivity contribution < 1.29 is 19.3 Å². The van der Waals surface area contributed by atoms with Crippen molar-refractivity contribution in [2.45, 2.75) is 0 Å². The van der Waals surface area contributed by atoms with E-state index in [9.17, 15) is 0 Å². The van der Waals surface area contributed by atoms with Crippen LogP contribution in [-0.4, -0.2) is 39.5 Å². The summed E-state index contributed by atoms with van der Waals surface area (Å²) >= 11 is 0. The largest absolute Gasteiger partial charge is 2.00 e. The van der Waals surface area contributed by atoms with E-state index in [-0.39, 0.29) is 54.7 Å². The van der Waals surface area contributed by atoms with Crippen LogP contribution in [0.1, 0.15) is 2.85 Å². The van der Waals surface area contributed by atoms with Gasteiger partial charge in [0.05, 0.1) is 0 Å². The van der Waals surface area contributed by atoms with Crippen molar-refractivity contribution in [3.63, 3.8) is 0 Å². The van der Waals surface area contributed by atoms with Gasteiger partial charge in [-0.2, -0.15) is 0 Å². The molecule has 0 atom stereocenters. The van der Waals surface area contributed by atoms with Crippen molar-refractivity contribution >= 4 is 35.5 Å². The van der Waals surface area contributed by atoms with Crippen molar-refractivity contribution in [1.29, 1.82) is 0 Å². The molecule has 0 aromatic heterocycles. The van der Waals surface area contributed by atoms with Crippen molar-refractivity contribution in [2.24, 2.45) is 0 Å². The zero-order valence-electron chi connectivity index (χ0n) is 4.62. The molecule has 6 N–H and O–H groups in total. The molecule has 0 bridgehead atoms. The molecular formula is H9ClMgO3. The quantitative estimate of drug-likeness (QED) is 0.321. The van der Waals surface area contributed by atoms with E-state index in [1.807, 2.05) is 0 Å². The third-order valence-corrected chi connectivity index (χ3v) is 0. The van der Waals surface area contributed by atoms with Gasteiger partial charge in [0.1, 0.15) is 0 Å². The molecule has 5 heavy (non-hydrogen) atoms. The molecule has 36 valence electrons. The van der Waals surface area contributed by atoms with Crippen LogP contribution in [0.25, 0.3) is 0 Å². The summed E-state index contributed by atoms with van der Waals surface area (Å²) < 4.78 is 0. The molecule has 0 amide bonds. The Morgan fingerprint density at radius 3 is 0.800 bits per heavy atom. The first-order chi connectivity index (χ1) is 0. The normalized spacial score (nSPS) is 0. The van der Waals surface area contributed by atoms with Crippen LogP contribution in [0.3, 0.4) is 0 Å². The summed E-state index contributed by atoms with van der Waals surface area (Å²) in [6.45, 7) is 0. The Hall–Kier alpha value is 0.936. The summed E-state index contributed by atoms with van der Waals surface area (Å²) in [6, 6.07) is 0. The van der Waals surface area contributed by atoms with E-state index < -0.39 is 0 Å². The number of hydrogen-bond donors (Lipinski definition) is 0. The monoisotopic (exact) mass is 116 g/mol. The molecule has 0 fully saturated rings. The maximum Gasteiger partial charge on any atom is 2.00 e. The first-order valence-corrected chi connectivity index (χ1v) is 0. The average Bonchev–Trinajstić information content (AvgIpc) is 0. The maximum atomic E-state index is 0. The molecule has 0 aliphatic carbocycles. The molecule has 0 saturated heterocycles. The fourth-order valence-corrected chi connectivity index (χ4v) is 0. The van der Waals surface area contributed by atoms with Crippen LogP contribution in [0, 0.1) is 0 Å². The van der Waals surface area contributed by atoms with Crippen molar-refractivity contribution in [1.82, 2.24) is 0 Å². The van der Waals surface area contributed by atoms with Crippen LogP contribution >= 0.6 is 12.4 Å². The van der Waals surface area contributed by atoms with Crippen LogP contribution < -0.4 is 0 Å². The Morgan fingerprint density at radius 2 is 0.800 bits per heavy atom. The van der Waals surface area contributed by atoms with Crippen molar-refractivity contribution in [3.05, 3.63) is 0 Å². The predicted molar refractivity (Wildman–Crippen MR) is 26.1 cm³/mol. The second-order valence-corrected chi connectivity index (χ2v) is 0. The smallest absolute Gasteiger partial charge is 1.00 e. The summed E-state index contributed by atoms with van der Waals surface area (Å²) in [7, 11) is 0. The molecule has 0 aliphatic rings. The maximum absolute atomic E-state index is 0. The van der Waals surface area contributed by atoms with E-state index in [1.165, 1.54) is 0 Å². The van der Waals surface area contributed by atoms with E-state index in [1.54, 1.807) is 0 Å². The van der Waals surface area contributed by atoms with Gasteiger partial charge in [0.2, 0.25) is 0 Å². The van der Waals surface area contributed by atoms with Gasteiger partial charge in [0, 0.05) is 0 Å². The van der Waals surface area contributed by atoms with Crippen LogP contribution in [0.5, 0.6) is 0 Å². The van der Waals surface area contributed by atoms with Crippen LogP contribution in [0.2, 0.25) is 0 Å². The Bertz CT molecular complexity index is 12.9. The van der Waals surface area contributed by atoms with Gasteiger partial charge in [-0.1, -0.05) is 0 Å². The zero-order chi connectivity index (χ0) is 0.